The summed E-state index contributed by atoms with van der Waals surface area (Å²) in [4.78, 5) is 7.89. The third-order valence-corrected chi connectivity index (χ3v) is 3.15. The zero-order valence-electron chi connectivity index (χ0n) is 9.86. The van der Waals surface area contributed by atoms with Crippen molar-refractivity contribution in [3.63, 3.8) is 0 Å². The van der Waals surface area contributed by atoms with Crippen molar-refractivity contribution in [2.75, 3.05) is 18.5 Å². The molecule has 1 saturated carbocycles. The molecule has 1 N–H and O–H groups in total. The van der Waals surface area contributed by atoms with Gasteiger partial charge in [-0.3, -0.25) is 0 Å². The molecule has 0 aliphatic heterocycles. The van der Waals surface area contributed by atoms with Gasteiger partial charge in [0.05, 0.1) is 12.7 Å². The number of hydrogen-bond acceptors (Lipinski definition) is 4. The minimum absolute atomic E-state index is 0.454. The summed E-state index contributed by atoms with van der Waals surface area (Å²) in [5.41, 5.74) is 0. The lowest BCUT2D eigenvalue weighted by Crippen LogP contribution is -2.20. The van der Waals surface area contributed by atoms with Gasteiger partial charge >= 0.3 is 0 Å². The highest BCUT2D eigenvalue weighted by Gasteiger charge is 2.12. The zero-order chi connectivity index (χ0) is 11.9. The van der Waals surface area contributed by atoms with Gasteiger partial charge in [0.2, 0.25) is 0 Å². The molecule has 2 rings (SSSR count). The summed E-state index contributed by atoms with van der Waals surface area (Å²) in [5, 5.41) is 3.62. The van der Waals surface area contributed by atoms with Crippen LogP contribution >= 0.6 is 11.6 Å². The fourth-order valence-electron chi connectivity index (χ4n) is 2.07. The van der Waals surface area contributed by atoms with Crippen molar-refractivity contribution in [3.8, 4) is 0 Å². The van der Waals surface area contributed by atoms with Crippen LogP contribution in [-0.4, -0.2) is 29.2 Å². The van der Waals surface area contributed by atoms with Crippen LogP contribution < -0.4 is 5.32 Å². The molecule has 1 aromatic heterocycles. The van der Waals surface area contributed by atoms with E-state index in [0.717, 1.165) is 12.4 Å². The number of aromatic nitrogens is 2. The van der Waals surface area contributed by atoms with E-state index in [1.165, 1.54) is 38.4 Å². The van der Waals surface area contributed by atoms with Crippen LogP contribution in [0.3, 0.4) is 0 Å². The number of halogens is 1. The van der Waals surface area contributed by atoms with Crippen molar-refractivity contribution < 1.29 is 4.74 Å². The quantitative estimate of drug-likeness (QED) is 0.649. The van der Waals surface area contributed by atoms with Crippen molar-refractivity contribution in [3.05, 3.63) is 17.5 Å². The highest BCUT2D eigenvalue weighted by atomic mass is 35.5. The molecule has 4 nitrogen and oxygen atoms in total. The summed E-state index contributed by atoms with van der Waals surface area (Å²) in [6, 6.07) is 1.71. The van der Waals surface area contributed by atoms with E-state index in [-0.39, 0.29) is 0 Å². The summed E-state index contributed by atoms with van der Waals surface area (Å²) in [6.45, 7) is 1.47. The van der Waals surface area contributed by atoms with E-state index in [1.807, 2.05) is 0 Å². The van der Waals surface area contributed by atoms with Crippen LogP contribution in [0, 0.1) is 0 Å². The van der Waals surface area contributed by atoms with Gasteiger partial charge < -0.3 is 10.1 Å². The van der Waals surface area contributed by atoms with Crippen LogP contribution in [0.5, 0.6) is 0 Å². The second kappa shape index (κ2) is 6.77. The third kappa shape index (κ3) is 4.48. The van der Waals surface area contributed by atoms with Crippen molar-refractivity contribution in [1.29, 1.82) is 0 Å². The van der Waals surface area contributed by atoms with Crippen molar-refractivity contribution in [1.82, 2.24) is 9.97 Å². The molecule has 0 amide bonds. The Morgan fingerprint density at radius 3 is 2.88 bits per heavy atom. The lowest BCUT2D eigenvalue weighted by atomic mass is 9.98. The lowest BCUT2D eigenvalue weighted by Gasteiger charge is -2.22. The standard InChI is InChI=1S/C12H18ClN3O/c13-11-8-12(16-9-15-11)14-6-7-17-10-4-2-1-3-5-10/h8-10H,1-7H2,(H,14,15,16). The maximum Gasteiger partial charge on any atom is 0.134 e. The molecule has 1 heterocycles. The van der Waals surface area contributed by atoms with Crippen LogP contribution in [0.25, 0.3) is 0 Å². The van der Waals surface area contributed by atoms with Crippen molar-refractivity contribution >= 4 is 17.4 Å². The number of nitrogens with one attached hydrogen (secondary N) is 1. The molecule has 0 aromatic carbocycles. The largest absolute Gasteiger partial charge is 0.376 e. The van der Waals surface area contributed by atoms with Crippen LogP contribution in [-0.2, 0) is 4.74 Å². The van der Waals surface area contributed by atoms with Crippen LogP contribution in [0.15, 0.2) is 12.4 Å². The van der Waals surface area contributed by atoms with Gasteiger partial charge in [-0.15, -0.1) is 0 Å². The summed E-state index contributed by atoms with van der Waals surface area (Å²) in [5.74, 6) is 0.747. The van der Waals surface area contributed by atoms with Gasteiger partial charge in [-0.1, -0.05) is 30.9 Å². The molecule has 0 spiro atoms. The highest BCUT2D eigenvalue weighted by Crippen LogP contribution is 2.20. The Balaban J connectivity index is 1.62. The fourth-order valence-corrected chi connectivity index (χ4v) is 2.21. The Kier molecular flexibility index (Phi) is 5.01. The van der Waals surface area contributed by atoms with Gasteiger partial charge in [-0.25, -0.2) is 9.97 Å². The fraction of sp³-hybridized carbons (Fsp3) is 0.667. The number of nitrogens with zero attached hydrogens (tertiary/aromatic N) is 2. The summed E-state index contributed by atoms with van der Waals surface area (Å²) in [6.07, 6.45) is 8.29. The average molecular weight is 256 g/mol. The molecule has 0 saturated heterocycles. The predicted molar refractivity (Wildman–Crippen MR) is 68.4 cm³/mol. The van der Waals surface area contributed by atoms with Gasteiger partial charge in [0, 0.05) is 12.6 Å². The smallest absolute Gasteiger partial charge is 0.134 e. The van der Waals surface area contributed by atoms with Crippen LogP contribution in [0.4, 0.5) is 5.82 Å². The molecule has 0 unspecified atom stereocenters. The van der Waals surface area contributed by atoms with Gasteiger partial charge in [0.1, 0.15) is 17.3 Å². The Labute approximate surface area is 107 Å². The molecule has 0 atom stereocenters. The van der Waals surface area contributed by atoms with Gasteiger partial charge in [-0.2, -0.15) is 0 Å². The second-order valence-electron chi connectivity index (χ2n) is 4.28. The maximum absolute atomic E-state index is 5.80. The van der Waals surface area contributed by atoms with E-state index in [2.05, 4.69) is 15.3 Å². The molecule has 1 aliphatic carbocycles. The molecular formula is C12H18ClN3O. The topological polar surface area (TPSA) is 47.0 Å². The molecule has 1 aliphatic rings. The minimum Gasteiger partial charge on any atom is -0.376 e. The Morgan fingerprint density at radius 1 is 1.29 bits per heavy atom. The van der Waals surface area contributed by atoms with E-state index in [1.54, 1.807) is 6.07 Å². The average Bonchev–Trinajstić information content (AvgIpc) is 2.36. The first-order chi connectivity index (χ1) is 8.34. The van der Waals surface area contributed by atoms with E-state index in [4.69, 9.17) is 16.3 Å². The normalized spacial score (nSPS) is 17.0. The predicted octanol–water partition coefficient (Wildman–Crippen LogP) is 2.89. The zero-order valence-corrected chi connectivity index (χ0v) is 10.6. The SMILES string of the molecule is Clc1cc(NCCOC2CCCCC2)ncn1. The van der Waals surface area contributed by atoms with Gasteiger partial charge in [0.15, 0.2) is 0 Å². The summed E-state index contributed by atoms with van der Waals surface area (Å²) >= 11 is 5.76. The first kappa shape index (κ1) is 12.6. The molecule has 1 aromatic rings. The first-order valence-electron chi connectivity index (χ1n) is 6.17. The van der Waals surface area contributed by atoms with Crippen LogP contribution in [0.1, 0.15) is 32.1 Å². The number of anilines is 1. The van der Waals surface area contributed by atoms with E-state index in [9.17, 15) is 0 Å². The van der Waals surface area contributed by atoms with Crippen LogP contribution in [0.2, 0.25) is 5.15 Å². The van der Waals surface area contributed by atoms with Gasteiger partial charge in [0.25, 0.3) is 0 Å². The molecule has 17 heavy (non-hydrogen) atoms. The summed E-state index contributed by atoms with van der Waals surface area (Å²) < 4.78 is 5.80. The van der Waals surface area contributed by atoms with Gasteiger partial charge in [-0.05, 0) is 12.8 Å². The Bertz CT molecular complexity index is 342. The molecule has 0 bridgehead atoms. The molecular weight excluding hydrogens is 238 g/mol. The molecule has 94 valence electrons. The highest BCUT2D eigenvalue weighted by molar-refractivity contribution is 6.29. The third-order valence-electron chi connectivity index (χ3n) is 2.95. The second-order valence-corrected chi connectivity index (χ2v) is 4.67. The number of rotatable bonds is 5. The first-order valence-corrected chi connectivity index (χ1v) is 6.55. The monoisotopic (exact) mass is 255 g/mol. The molecule has 1 fully saturated rings. The summed E-state index contributed by atoms with van der Waals surface area (Å²) in [7, 11) is 0. The number of hydrogen-bond donors (Lipinski definition) is 1. The molecule has 0 radical (unpaired) electrons. The minimum atomic E-state index is 0.454. The van der Waals surface area contributed by atoms with Crippen molar-refractivity contribution in [2.24, 2.45) is 0 Å². The number of ether oxygens (including phenoxy) is 1. The van der Waals surface area contributed by atoms with E-state index < -0.39 is 0 Å². The lowest BCUT2D eigenvalue weighted by molar-refractivity contribution is 0.0347. The van der Waals surface area contributed by atoms with Crippen molar-refractivity contribution in [2.45, 2.75) is 38.2 Å². The maximum atomic E-state index is 5.80. The van der Waals surface area contributed by atoms with E-state index >= 15 is 0 Å². The Hall–Kier alpha value is -0.870. The Morgan fingerprint density at radius 2 is 2.12 bits per heavy atom. The molecule has 5 heteroatoms. The van der Waals surface area contributed by atoms with E-state index in [0.29, 0.717) is 17.9 Å².